The minimum atomic E-state index is -3.07. The molecule has 2 aliphatic heterocycles. The molecule has 0 saturated carbocycles. The number of ether oxygens (including phenoxy) is 2. The first-order valence-corrected chi connectivity index (χ1v) is 12.9. The number of rotatable bonds is 3. The summed E-state index contributed by atoms with van der Waals surface area (Å²) in [5.74, 6) is 1.22. The summed E-state index contributed by atoms with van der Waals surface area (Å²) in [5.41, 5.74) is 0.651. The van der Waals surface area contributed by atoms with Crippen molar-refractivity contribution < 1.29 is 26.7 Å². The number of benzene rings is 2. The van der Waals surface area contributed by atoms with Gasteiger partial charge in [-0.05, 0) is 30.7 Å². The molecule has 0 bridgehead atoms. The van der Waals surface area contributed by atoms with Gasteiger partial charge in [0.15, 0.2) is 21.2 Å². The molecule has 0 radical (unpaired) electrons. The Kier molecular flexibility index (Phi) is 4.97. The Hall–Kier alpha value is -3.63. The van der Waals surface area contributed by atoms with Crippen molar-refractivity contribution >= 4 is 31.8 Å². The van der Waals surface area contributed by atoms with Crippen molar-refractivity contribution in [3.8, 4) is 22.6 Å². The van der Waals surface area contributed by atoms with Crippen LogP contribution in [0, 0.1) is 0 Å². The second kappa shape index (κ2) is 7.96. The van der Waals surface area contributed by atoms with Crippen molar-refractivity contribution in [2.75, 3.05) is 25.3 Å². The lowest BCUT2D eigenvalue weighted by Crippen LogP contribution is -2.41. The zero-order chi connectivity index (χ0) is 24.3. The highest BCUT2D eigenvalue weighted by Gasteiger charge is 2.35. The van der Waals surface area contributed by atoms with Gasteiger partial charge in [-0.15, -0.1) is 0 Å². The third kappa shape index (κ3) is 3.69. The molecule has 0 N–H and O–H groups in total. The lowest BCUT2D eigenvalue weighted by Gasteiger charge is -2.33. The van der Waals surface area contributed by atoms with Gasteiger partial charge in [-0.25, -0.2) is 18.0 Å². The molecule has 4 aromatic rings. The van der Waals surface area contributed by atoms with Crippen molar-refractivity contribution in [3.05, 3.63) is 68.9 Å². The van der Waals surface area contributed by atoms with Gasteiger partial charge in [0, 0.05) is 35.0 Å². The highest BCUT2D eigenvalue weighted by molar-refractivity contribution is 7.91. The molecule has 2 aromatic heterocycles. The van der Waals surface area contributed by atoms with Gasteiger partial charge in [-0.1, -0.05) is 12.1 Å². The maximum absolute atomic E-state index is 13.0. The molecule has 1 saturated heterocycles. The van der Waals surface area contributed by atoms with Gasteiger partial charge >= 0.3 is 11.3 Å². The fourth-order valence-electron chi connectivity index (χ4n) is 4.94. The molecule has 180 valence electrons. The smallest absolute Gasteiger partial charge is 0.344 e. The third-order valence-corrected chi connectivity index (χ3v) is 8.43. The Morgan fingerprint density at radius 2 is 1.89 bits per heavy atom. The molecule has 0 amide bonds. The van der Waals surface area contributed by atoms with Gasteiger partial charge in [0.1, 0.15) is 18.1 Å². The molecule has 35 heavy (non-hydrogen) atoms. The van der Waals surface area contributed by atoms with Crippen LogP contribution in [0.4, 0.5) is 0 Å². The summed E-state index contributed by atoms with van der Waals surface area (Å²) >= 11 is 0. The van der Waals surface area contributed by atoms with Crippen molar-refractivity contribution in [1.29, 1.82) is 0 Å². The predicted molar refractivity (Wildman–Crippen MR) is 129 cm³/mol. The fraction of sp³-hybridized carbons (Fsp3) is 0.280. The summed E-state index contributed by atoms with van der Waals surface area (Å²) in [4.78, 5) is 27.5. The van der Waals surface area contributed by atoms with Gasteiger partial charge in [-0.2, -0.15) is 0 Å². The molecule has 0 spiro atoms. The van der Waals surface area contributed by atoms with Gasteiger partial charge in [0.2, 0.25) is 0 Å². The van der Waals surface area contributed by atoms with Crippen LogP contribution in [-0.2, 0) is 16.4 Å². The lowest BCUT2D eigenvalue weighted by atomic mass is 9.99. The number of methoxy groups -OCH3 is 1. The first kappa shape index (κ1) is 21.9. The number of sulfone groups is 1. The van der Waals surface area contributed by atoms with Crippen LogP contribution in [0.3, 0.4) is 0 Å². The SMILES string of the molecule is COc1cccc2cc(-c3cc(=O)oc4c5c(ccc34)OCN(C3CCS(=O)(=O)C3)C5)c(=O)oc12. The molecule has 0 aliphatic carbocycles. The zero-order valence-corrected chi connectivity index (χ0v) is 19.6. The van der Waals surface area contributed by atoms with Crippen molar-refractivity contribution in [2.45, 2.75) is 19.0 Å². The van der Waals surface area contributed by atoms with Crippen LogP contribution in [0.5, 0.6) is 11.5 Å². The number of para-hydroxylation sites is 1. The predicted octanol–water partition coefficient (Wildman–Crippen LogP) is 2.91. The van der Waals surface area contributed by atoms with Crippen LogP contribution in [-0.4, -0.2) is 44.7 Å². The van der Waals surface area contributed by atoms with Crippen LogP contribution in [0.2, 0.25) is 0 Å². The van der Waals surface area contributed by atoms with Crippen LogP contribution in [0.1, 0.15) is 12.0 Å². The van der Waals surface area contributed by atoms with E-state index in [1.807, 2.05) is 4.90 Å². The second-order valence-electron chi connectivity index (χ2n) is 8.80. The molecule has 10 heteroatoms. The molecule has 9 nitrogen and oxygen atoms in total. The van der Waals surface area contributed by atoms with E-state index < -0.39 is 21.1 Å². The first-order chi connectivity index (χ1) is 16.8. The summed E-state index contributed by atoms with van der Waals surface area (Å²) in [6, 6.07) is 11.6. The Morgan fingerprint density at radius 1 is 1.03 bits per heavy atom. The Morgan fingerprint density at radius 3 is 2.66 bits per heavy atom. The maximum Gasteiger partial charge on any atom is 0.344 e. The number of nitrogens with zero attached hydrogens (tertiary/aromatic N) is 1. The Labute approximate surface area is 199 Å². The van der Waals surface area contributed by atoms with Gasteiger partial charge < -0.3 is 18.3 Å². The highest BCUT2D eigenvalue weighted by Crippen LogP contribution is 2.37. The fourth-order valence-corrected chi connectivity index (χ4v) is 6.70. The van der Waals surface area contributed by atoms with Crippen LogP contribution < -0.4 is 20.7 Å². The minimum absolute atomic E-state index is 0.0766. The average Bonchev–Trinajstić information content (AvgIpc) is 3.22. The normalized spacial score (nSPS) is 19.5. The van der Waals surface area contributed by atoms with E-state index in [-0.39, 0.29) is 29.8 Å². The summed E-state index contributed by atoms with van der Waals surface area (Å²) in [6.07, 6.45) is 0.530. The lowest BCUT2D eigenvalue weighted by molar-refractivity contribution is 0.0649. The molecule has 1 fully saturated rings. The second-order valence-corrected chi connectivity index (χ2v) is 11.0. The number of fused-ring (bicyclic) bond motifs is 4. The standard InChI is InChI=1S/C25H21NO8S/c1-31-21-4-2-3-14-9-18(25(28)34-23(14)21)17-10-22(27)33-24-16(17)5-6-20-19(24)11-26(13-32-20)15-7-8-35(29,30)12-15/h2-6,9-10,15H,7-8,11-13H2,1H3. The van der Waals surface area contributed by atoms with E-state index in [1.165, 1.54) is 13.2 Å². The van der Waals surface area contributed by atoms with E-state index in [1.54, 1.807) is 36.4 Å². The van der Waals surface area contributed by atoms with Crippen LogP contribution in [0.15, 0.2) is 60.9 Å². The largest absolute Gasteiger partial charge is 0.493 e. The van der Waals surface area contributed by atoms with Crippen molar-refractivity contribution in [1.82, 2.24) is 4.90 Å². The molecule has 6 rings (SSSR count). The van der Waals surface area contributed by atoms with Gasteiger partial charge in [-0.3, -0.25) is 4.90 Å². The molecular weight excluding hydrogens is 474 g/mol. The van der Waals surface area contributed by atoms with Gasteiger partial charge in [0.05, 0.1) is 29.7 Å². The van der Waals surface area contributed by atoms with Gasteiger partial charge in [0.25, 0.3) is 0 Å². The Balaban J connectivity index is 1.50. The highest BCUT2D eigenvalue weighted by atomic mass is 32.2. The molecule has 2 aliphatic rings. The first-order valence-electron chi connectivity index (χ1n) is 11.1. The maximum atomic E-state index is 13.0. The number of hydrogen-bond acceptors (Lipinski definition) is 9. The monoisotopic (exact) mass is 495 g/mol. The van der Waals surface area contributed by atoms with E-state index in [2.05, 4.69) is 0 Å². The average molecular weight is 496 g/mol. The molecule has 1 unspecified atom stereocenters. The number of hydrogen-bond donors (Lipinski definition) is 0. The molecule has 4 heterocycles. The van der Waals surface area contributed by atoms with Crippen LogP contribution >= 0.6 is 0 Å². The summed E-state index contributed by atoms with van der Waals surface area (Å²) in [6.45, 7) is 0.613. The van der Waals surface area contributed by atoms with Crippen molar-refractivity contribution in [2.24, 2.45) is 0 Å². The van der Waals surface area contributed by atoms with E-state index in [4.69, 9.17) is 18.3 Å². The molecule has 2 aromatic carbocycles. The molecule has 1 atom stereocenters. The van der Waals surface area contributed by atoms with Crippen molar-refractivity contribution in [3.63, 3.8) is 0 Å². The summed E-state index contributed by atoms with van der Waals surface area (Å²) in [7, 11) is -1.57. The zero-order valence-electron chi connectivity index (χ0n) is 18.8. The van der Waals surface area contributed by atoms with Crippen LogP contribution in [0.25, 0.3) is 33.1 Å². The van der Waals surface area contributed by atoms with E-state index in [9.17, 15) is 18.0 Å². The summed E-state index contributed by atoms with van der Waals surface area (Å²) in [5, 5.41) is 1.21. The van der Waals surface area contributed by atoms with E-state index in [0.717, 1.165) is 0 Å². The van der Waals surface area contributed by atoms with E-state index >= 15 is 0 Å². The quantitative estimate of drug-likeness (QED) is 0.396. The molecular formula is C25H21NO8S. The third-order valence-electron chi connectivity index (χ3n) is 6.68. The van der Waals surface area contributed by atoms with E-state index in [0.29, 0.717) is 57.5 Å². The Bertz CT molecular complexity index is 1720. The minimum Gasteiger partial charge on any atom is -0.493 e. The summed E-state index contributed by atoms with van der Waals surface area (Å²) < 4.78 is 46.3. The topological polar surface area (TPSA) is 116 Å².